The highest BCUT2D eigenvalue weighted by molar-refractivity contribution is 7.91. The van der Waals surface area contributed by atoms with Crippen LogP contribution in [0.2, 0.25) is 0 Å². The van der Waals surface area contributed by atoms with Gasteiger partial charge in [0, 0.05) is 71.6 Å². The lowest BCUT2D eigenvalue weighted by molar-refractivity contribution is -0.0208. The molecule has 0 amide bonds. The fourth-order valence-electron chi connectivity index (χ4n) is 5.01. The molecule has 4 heterocycles. The van der Waals surface area contributed by atoms with E-state index in [9.17, 15) is 9.35 Å². The maximum Gasteiger partial charge on any atom is 0.255 e. The average molecular weight is 585 g/mol. The van der Waals surface area contributed by atoms with Crippen LogP contribution in [0.1, 0.15) is 22.8 Å². The van der Waals surface area contributed by atoms with Gasteiger partial charge in [-0.25, -0.2) is 9.37 Å². The van der Waals surface area contributed by atoms with Gasteiger partial charge in [-0.2, -0.15) is 4.98 Å². The van der Waals surface area contributed by atoms with E-state index in [1.165, 1.54) is 29.1 Å². The Balaban J connectivity index is 1.33. The zero-order chi connectivity index (χ0) is 29.2. The van der Waals surface area contributed by atoms with E-state index in [2.05, 4.69) is 32.2 Å². The van der Waals surface area contributed by atoms with E-state index >= 15 is 4.39 Å². The van der Waals surface area contributed by atoms with E-state index in [4.69, 9.17) is 4.74 Å². The Kier molecular flexibility index (Phi) is 7.98. The molecule has 5 aromatic rings. The first-order chi connectivity index (χ1) is 20.4. The highest BCUT2D eigenvalue weighted by Gasteiger charge is 2.24. The van der Waals surface area contributed by atoms with Gasteiger partial charge in [0.2, 0.25) is 5.95 Å². The molecule has 9 nitrogen and oxygen atoms in total. The molecule has 1 aliphatic rings. The van der Waals surface area contributed by atoms with Crippen molar-refractivity contribution in [2.75, 3.05) is 32.1 Å². The molecule has 2 unspecified atom stereocenters. The minimum Gasteiger partial charge on any atom is -0.606 e. The Morgan fingerprint density at radius 3 is 2.69 bits per heavy atom. The number of nitrogens with one attached hydrogen (secondary N) is 1. The van der Waals surface area contributed by atoms with E-state index in [0.717, 1.165) is 24.3 Å². The van der Waals surface area contributed by atoms with Crippen LogP contribution in [0.25, 0.3) is 11.0 Å². The highest BCUT2D eigenvalue weighted by atomic mass is 32.2. The number of fused-ring (bicyclic) bond motifs is 1. The van der Waals surface area contributed by atoms with Crippen LogP contribution < -0.4 is 10.9 Å². The van der Waals surface area contributed by atoms with E-state index in [1.54, 1.807) is 37.4 Å². The van der Waals surface area contributed by atoms with Crippen molar-refractivity contribution in [1.82, 2.24) is 24.4 Å². The van der Waals surface area contributed by atoms with Gasteiger partial charge in [-0.05, 0) is 49.9 Å². The number of aromatic nitrogens is 4. The van der Waals surface area contributed by atoms with E-state index in [-0.39, 0.29) is 34.6 Å². The number of rotatable bonds is 7. The van der Waals surface area contributed by atoms with Crippen molar-refractivity contribution in [3.05, 3.63) is 112 Å². The van der Waals surface area contributed by atoms with Gasteiger partial charge in [0.05, 0.1) is 24.8 Å². The lowest BCUT2D eigenvalue weighted by Gasteiger charge is -2.30. The highest BCUT2D eigenvalue weighted by Crippen LogP contribution is 2.28. The quantitative estimate of drug-likeness (QED) is 0.277. The Morgan fingerprint density at radius 2 is 1.93 bits per heavy atom. The van der Waals surface area contributed by atoms with Gasteiger partial charge in [0.1, 0.15) is 11.5 Å². The fourth-order valence-corrected chi connectivity index (χ4v) is 6.22. The van der Waals surface area contributed by atoms with Crippen molar-refractivity contribution in [2.45, 2.75) is 29.4 Å². The Bertz CT molecular complexity index is 1780. The number of anilines is 2. The molecule has 214 valence electrons. The van der Waals surface area contributed by atoms with Crippen molar-refractivity contribution in [2.24, 2.45) is 0 Å². The topological polar surface area (TPSA) is 108 Å². The SMILES string of the molecule is Cc1cc2cnc(Nc3ccc(C4CN(C)CCO4)cc3)nc2n(Cc2c(F)cccc2[S+]([O-])c2ccncc2)c1=O. The van der Waals surface area contributed by atoms with Crippen LogP contribution in [-0.4, -0.2) is 55.7 Å². The Hall–Kier alpha value is -4.16. The van der Waals surface area contributed by atoms with Crippen molar-refractivity contribution in [3.8, 4) is 0 Å². The fraction of sp³-hybridized carbons (Fsp3) is 0.226. The first kappa shape index (κ1) is 28.0. The Morgan fingerprint density at radius 1 is 1.14 bits per heavy atom. The third-order valence-corrected chi connectivity index (χ3v) is 8.75. The number of morpholine rings is 1. The summed E-state index contributed by atoms with van der Waals surface area (Å²) in [6.07, 6.45) is 4.71. The molecule has 1 saturated heterocycles. The second-order valence-corrected chi connectivity index (χ2v) is 11.7. The molecular weight excluding hydrogens is 555 g/mol. The van der Waals surface area contributed by atoms with Gasteiger partial charge < -0.3 is 19.5 Å². The van der Waals surface area contributed by atoms with E-state index in [0.29, 0.717) is 28.1 Å². The van der Waals surface area contributed by atoms with Gasteiger partial charge in [-0.1, -0.05) is 18.2 Å². The predicted octanol–water partition coefficient (Wildman–Crippen LogP) is 4.60. The predicted molar refractivity (Wildman–Crippen MR) is 159 cm³/mol. The van der Waals surface area contributed by atoms with Crippen LogP contribution in [0, 0.1) is 12.7 Å². The summed E-state index contributed by atoms with van der Waals surface area (Å²) in [4.78, 5) is 29.5. The second-order valence-electron chi connectivity index (χ2n) is 10.2. The van der Waals surface area contributed by atoms with Crippen molar-refractivity contribution in [1.29, 1.82) is 0 Å². The summed E-state index contributed by atoms with van der Waals surface area (Å²) < 4.78 is 36.0. The lowest BCUT2D eigenvalue weighted by atomic mass is 10.1. The van der Waals surface area contributed by atoms with E-state index < -0.39 is 17.0 Å². The molecule has 1 N–H and O–H groups in total. The average Bonchev–Trinajstić information content (AvgIpc) is 3.01. The number of likely N-dealkylation sites (N-methyl/N-ethyl adjacent to an activating group) is 1. The molecule has 3 aromatic heterocycles. The summed E-state index contributed by atoms with van der Waals surface area (Å²) in [6.45, 7) is 3.98. The third kappa shape index (κ3) is 5.77. The molecule has 42 heavy (non-hydrogen) atoms. The first-order valence-corrected chi connectivity index (χ1v) is 14.7. The van der Waals surface area contributed by atoms with Crippen LogP contribution in [0.5, 0.6) is 0 Å². The molecule has 6 rings (SSSR count). The van der Waals surface area contributed by atoms with Gasteiger partial charge >= 0.3 is 0 Å². The monoisotopic (exact) mass is 584 g/mol. The molecule has 0 aliphatic carbocycles. The number of nitrogens with zero attached hydrogens (tertiary/aromatic N) is 5. The maximum absolute atomic E-state index is 15.3. The molecular formula is C31H29FN6O3S. The summed E-state index contributed by atoms with van der Waals surface area (Å²) in [7, 11) is 2.08. The minimum atomic E-state index is -1.68. The second kappa shape index (κ2) is 12.0. The minimum absolute atomic E-state index is 0.0172. The van der Waals surface area contributed by atoms with E-state index in [1.807, 2.05) is 24.3 Å². The van der Waals surface area contributed by atoms with Crippen LogP contribution >= 0.6 is 0 Å². The third-order valence-electron chi connectivity index (χ3n) is 7.27. The molecule has 11 heteroatoms. The Labute approximate surface area is 245 Å². The molecule has 2 atom stereocenters. The molecule has 0 bridgehead atoms. The summed E-state index contributed by atoms with van der Waals surface area (Å²) >= 11 is -1.68. The van der Waals surface area contributed by atoms with Crippen LogP contribution in [0.3, 0.4) is 0 Å². The smallest absolute Gasteiger partial charge is 0.255 e. The molecule has 0 saturated carbocycles. The number of hydrogen-bond donors (Lipinski definition) is 1. The van der Waals surface area contributed by atoms with Crippen LogP contribution in [0.15, 0.2) is 93.8 Å². The molecule has 0 radical (unpaired) electrons. The van der Waals surface area contributed by atoms with Crippen molar-refractivity contribution >= 4 is 33.8 Å². The summed E-state index contributed by atoms with van der Waals surface area (Å²) in [5.74, 6) is -0.271. The number of benzene rings is 2. The summed E-state index contributed by atoms with van der Waals surface area (Å²) in [5, 5.41) is 3.83. The van der Waals surface area contributed by atoms with Crippen LogP contribution in [-0.2, 0) is 22.5 Å². The molecule has 2 aromatic carbocycles. The molecule has 0 spiro atoms. The normalized spacial score (nSPS) is 16.4. The van der Waals surface area contributed by atoms with Crippen molar-refractivity contribution < 1.29 is 13.7 Å². The number of ether oxygens (including phenoxy) is 1. The number of pyridine rings is 2. The zero-order valence-electron chi connectivity index (χ0n) is 23.2. The molecule has 1 aliphatic heterocycles. The van der Waals surface area contributed by atoms with Gasteiger partial charge in [-0.3, -0.25) is 14.3 Å². The van der Waals surface area contributed by atoms with Crippen molar-refractivity contribution in [3.63, 3.8) is 0 Å². The first-order valence-electron chi connectivity index (χ1n) is 13.5. The number of aryl methyl sites for hydroxylation is 1. The largest absolute Gasteiger partial charge is 0.606 e. The summed E-state index contributed by atoms with van der Waals surface area (Å²) in [5.41, 5.74) is 2.49. The van der Waals surface area contributed by atoms with Gasteiger partial charge in [0.25, 0.3) is 5.56 Å². The molecule has 1 fully saturated rings. The van der Waals surface area contributed by atoms with Gasteiger partial charge in [0.15, 0.2) is 9.79 Å². The van der Waals surface area contributed by atoms with Gasteiger partial charge in [-0.15, -0.1) is 0 Å². The van der Waals surface area contributed by atoms with Crippen LogP contribution in [0.4, 0.5) is 16.0 Å². The zero-order valence-corrected chi connectivity index (χ0v) is 24.0. The lowest BCUT2D eigenvalue weighted by Crippen LogP contribution is -2.35. The number of hydrogen-bond acceptors (Lipinski definition) is 8. The number of halogens is 1. The standard InChI is InChI=1S/C31H29FN6O3S/c1-20-16-22-17-34-31(35-23-8-6-21(7-9-23)27-19-37(2)14-15-41-27)36-29(22)38(30(20)39)18-25-26(32)4-3-5-28(25)42(40)24-10-12-33-13-11-24/h3-13,16-17,27H,14-15,18-19H2,1-2H3,(H,34,35,36). The summed E-state index contributed by atoms with van der Waals surface area (Å²) in [6, 6.07) is 17.3. The maximum atomic E-state index is 15.3.